The smallest absolute Gasteiger partial charge is 0.250 e. The van der Waals surface area contributed by atoms with Crippen LogP contribution in [0.15, 0.2) is 28.0 Å². The van der Waals surface area contributed by atoms with Gasteiger partial charge in [0.15, 0.2) is 5.96 Å². The Morgan fingerprint density at radius 1 is 1.25 bits per heavy atom. The fraction of sp³-hybridized carbons (Fsp3) is 0.667. The van der Waals surface area contributed by atoms with Gasteiger partial charge in [0.25, 0.3) is 5.56 Å². The zero-order chi connectivity index (χ0) is 17.1. The number of rotatable bonds is 9. The van der Waals surface area contributed by atoms with Crippen LogP contribution in [0.4, 0.5) is 0 Å². The first kappa shape index (κ1) is 22.9. The van der Waals surface area contributed by atoms with E-state index in [1.54, 1.807) is 6.07 Å². The number of halogens is 1. The van der Waals surface area contributed by atoms with Gasteiger partial charge in [-0.3, -0.25) is 9.79 Å². The van der Waals surface area contributed by atoms with Gasteiger partial charge in [-0.25, -0.2) is 0 Å². The second-order valence-corrected chi connectivity index (χ2v) is 6.23. The fourth-order valence-electron chi connectivity index (χ4n) is 2.30. The zero-order valence-electron chi connectivity index (χ0n) is 15.5. The molecule has 0 aliphatic rings. The van der Waals surface area contributed by atoms with E-state index < -0.39 is 0 Å². The van der Waals surface area contributed by atoms with Crippen molar-refractivity contribution in [3.8, 4) is 0 Å². The second-order valence-electron chi connectivity index (χ2n) is 6.23. The van der Waals surface area contributed by atoms with Gasteiger partial charge >= 0.3 is 0 Å². The van der Waals surface area contributed by atoms with E-state index in [-0.39, 0.29) is 29.5 Å². The van der Waals surface area contributed by atoms with Crippen LogP contribution >= 0.6 is 24.0 Å². The van der Waals surface area contributed by atoms with Gasteiger partial charge in [-0.05, 0) is 45.1 Å². The third kappa shape index (κ3) is 9.30. The predicted molar refractivity (Wildman–Crippen MR) is 114 cm³/mol. The molecule has 1 aromatic heterocycles. The van der Waals surface area contributed by atoms with Gasteiger partial charge in [0.1, 0.15) is 0 Å². The Balaban J connectivity index is 0.00000529. The molecule has 0 radical (unpaired) electrons. The predicted octanol–water partition coefficient (Wildman–Crippen LogP) is 3.16. The Hall–Kier alpha value is -1.05. The molecule has 138 valence electrons. The molecular weight excluding hydrogens is 415 g/mol. The van der Waals surface area contributed by atoms with Gasteiger partial charge in [0.2, 0.25) is 0 Å². The molecule has 0 spiro atoms. The maximum Gasteiger partial charge on any atom is 0.250 e. The monoisotopic (exact) mass is 448 g/mol. The van der Waals surface area contributed by atoms with E-state index in [4.69, 9.17) is 0 Å². The molecule has 0 saturated heterocycles. The van der Waals surface area contributed by atoms with Crippen molar-refractivity contribution in [1.82, 2.24) is 15.2 Å². The van der Waals surface area contributed by atoms with E-state index >= 15 is 0 Å². The first-order valence-electron chi connectivity index (χ1n) is 8.73. The minimum absolute atomic E-state index is 0. The van der Waals surface area contributed by atoms with Gasteiger partial charge in [0, 0.05) is 37.9 Å². The fourth-order valence-corrected chi connectivity index (χ4v) is 2.30. The van der Waals surface area contributed by atoms with Crippen LogP contribution in [0.25, 0.3) is 0 Å². The van der Waals surface area contributed by atoms with Gasteiger partial charge in [-0.2, -0.15) is 0 Å². The highest BCUT2D eigenvalue weighted by molar-refractivity contribution is 14.0. The first-order valence-corrected chi connectivity index (χ1v) is 8.73. The van der Waals surface area contributed by atoms with E-state index in [2.05, 4.69) is 36.4 Å². The molecule has 2 N–H and O–H groups in total. The normalized spacial score (nSPS) is 11.3. The van der Waals surface area contributed by atoms with E-state index in [1.165, 1.54) is 0 Å². The second kappa shape index (κ2) is 13.3. The molecule has 0 aliphatic heterocycles. The SMILES string of the molecule is CCNC(=NCCCCn1c(C)cccc1=O)NCCC(C)C.I. The topological polar surface area (TPSA) is 58.4 Å². The Kier molecular flexibility index (Phi) is 12.7. The van der Waals surface area contributed by atoms with Crippen molar-refractivity contribution in [2.75, 3.05) is 19.6 Å². The molecule has 0 saturated carbocycles. The summed E-state index contributed by atoms with van der Waals surface area (Å²) in [6.07, 6.45) is 3.07. The van der Waals surface area contributed by atoms with Crippen LogP contribution in [0.5, 0.6) is 0 Å². The van der Waals surface area contributed by atoms with Gasteiger partial charge in [-0.15, -0.1) is 24.0 Å². The lowest BCUT2D eigenvalue weighted by atomic mass is 10.1. The molecule has 1 aromatic rings. The summed E-state index contributed by atoms with van der Waals surface area (Å²) in [5, 5.41) is 6.63. The number of aliphatic imine (C=N–C) groups is 1. The maximum absolute atomic E-state index is 11.8. The molecule has 24 heavy (non-hydrogen) atoms. The van der Waals surface area contributed by atoms with Crippen LogP contribution in [-0.4, -0.2) is 30.2 Å². The van der Waals surface area contributed by atoms with Gasteiger partial charge in [0.05, 0.1) is 0 Å². The Bertz CT molecular complexity index is 540. The Morgan fingerprint density at radius 3 is 2.62 bits per heavy atom. The van der Waals surface area contributed by atoms with Crippen LogP contribution in [0.3, 0.4) is 0 Å². The third-order valence-electron chi connectivity index (χ3n) is 3.69. The lowest BCUT2D eigenvalue weighted by Crippen LogP contribution is -2.38. The molecule has 1 rings (SSSR count). The highest BCUT2D eigenvalue weighted by Gasteiger charge is 2.00. The maximum atomic E-state index is 11.8. The number of unbranched alkanes of at least 4 members (excludes halogenated alkanes) is 1. The number of hydrogen-bond donors (Lipinski definition) is 2. The van der Waals surface area contributed by atoms with Crippen molar-refractivity contribution >= 4 is 29.9 Å². The largest absolute Gasteiger partial charge is 0.357 e. The van der Waals surface area contributed by atoms with Crippen LogP contribution in [0.2, 0.25) is 0 Å². The van der Waals surface area contributed by atoms with Crippen molar-refractivity contribution in [2.24, 2.45) is 10.9 Å². The quantitative estimate of drug-likeness (QED) is 0.264. The molecule has 6 heteroatoms. The lowest BCUT2D eigenvalue weighted by Gasteiger charge is -2.12. The molecule has 0 aromatic carbocycles. The first-order chi connectivity index (χ1) is 11.0. The van der Waals surface area contributed by atoms with Crippen LogP contribution in [-0.2, 0) is 6.54 Å². The Morgan fingerprint density at radius 2 is 2.00 bits per heavy atom. The molecule has 0 amide bonds. The molecule has 0 bridgehead atoms. The molecular formula is C18H33IN4O. The Labute approximate surface area is 163 Å². The van der Waals surface area contributed by atoms with Crippen molar-refractivity contribution < 1.29 is 0 Å². The summed E-state index contributed by atoms with van der Waals surface area (Å²) in [5.41, 5.74) is 1.10. The van der Waals surface area contributed by atoms with Crippen molar-refractivity contribution in [1.29, 1.82) is 0 Å². The number of pyridine rings is 1. The van der Waals surface area contributed by atoms with Crippen molar-refractivity contribution in [3.05, 3.63) is 34.2 Å². The van der Waals surface area contributed by atoms with Gasteiger partial charge in [-0.1, -0.05) is 19.9 Å². The summed E-state index contributed by atoms with van der Waals surface area (Å²) < 4.78 is 1.83. The minimum Gasteiger partial charge on any atom is -0.357 e. The molecule has 0 unspecified atom stereocenters. The minimum atomic E-state index is 0. The number of aryl methyl sites for hydroxylation is 1. The van der Waals surface area contributed by atoms with E-state index in [0.717, 1.165) is 57.1 Å². The lowest BCUT2D eigenvalue weighted by molar-refractivity contribution is 0.570. The molecule has 0 fully saturated rings. The number of hydrogen-bond acceptors (Lipinski definition) is 2. The van der Waals surface area contributed by atoms with E-state index in [1.807, 2.05) is 23.6 Å². The van der Waals surface area contributed by atoms with Crippen molar-refractivity contribution in [2.45, 2.75) is 53.5 Å². The summed E-state index contributed by atoms with van der Waals surface area (Å²) >= 11 is 0. The number of guanidine groups is 1. The summed E-state index contributed by atoms with van der Waals surface area (Å²) in [6.45, 7) is 11.8. The third-order valence-corrected chi connectivity index (χ3v) is 3.69. The van der Waals surface area contributed by atoms with E-state index in [0.29, 0.717) is 5.92 Å². The summed E-state index contributed by atoms with van der Waals surface area (Å²) in [5.74, 6) is 1.58. The molecule has 5 nitrogen and oxygen atoms in total. The van der Waals surface area contributed by atoms with Crippen LogP contribution in [0, 0.1) is 12.8 Å². The summed E-state index contributed by atoms with van der Waals surface area (Å²) in [6, 6.07) is 5.40. The molecule has 0 aliphatic carbocycles. The highest BCUT2D eigenvalue weighted by atomic mass is 127. The summed E-state index contributed by atoms with van der Waals surface area (Å²) in [7, 11) is 0. The zero-order valence-corrected chi connectivity index (χ0v) is 17.8. The standard InChI is InChI=1S/C18H32N4O.HI/c1-5-19-18(21-13-11-15(2)3)20-12-6-7-14-22-16(4)9-8-10-17(22)23;/h8-10,15H,5-7,11-14H2,1-4H3,(H2,19,20,21);1H. The van der Waals surface area contributed by atoms with E-state index in [9.17, 15) is 4.79 Å². The number of nitrogens with zero attached hydrogens (tertiary/aromatic N) is 2. The summed E-state index contributed by atoms with van der Waals surface area (Å²) in [4.78, 5) is 16.4. The van der Waals surface area contributed by atoms with Crippen LogP contribution in [0.1, 0.15) is 45.7 Å². The average molecular weight is 448 g/mol. The average Bonchev–Trinajstić information content (AvgIpc) is 2.49. The molecule has 1 heterocycles. The van der Waals surface area contributed by atoms with Crippen LogP contribution < -0.4 is 16.2 Å². The highest BCUT2D eigenvalue weighted by Crippen LogP contribution is 1.99. The number of nitrogens with one attached hydrogen (secondary N) is 2. The van der Waals surface area contributed by atoms with Gasteiger partial charge < -0.3 is 15.2 Å². The molecule has 0 atom stereocenters. The van der Waals surface area contributed by atoms with Crippen molar-refractivity contribution in [3.63, 3.8) is 0 Å². The number of aromatic nitrogens is 1.